The van der Waals surface area contributed by atoms with Gasteiger partial charge in [0.15, 0.2) is 46.0 Å². The molecule has 2 saturated heterocycles. The minimum atomic E-state index is -0.419. The van der Waals surface area contributed by atoms with Gasteiger partial charge >= 0.3 is 103 Å². The maximum Gasteiger partial charge on any atom is 1.00 e. The summed E-state index contributed by atoms with van der Waals surface area (Å²) in [6, 6.07) is 16.5. The van der Waals surface area contributed by atoms with E-state index in [-0.39, 0.29) is 141 Å². The molecular weight excluding hydrogens is 1020 g/mol. The monoisotopic (exact) mass is 1080 g/mol. The van der Waals surface area contributed by atoms with Crippen molar-refractivity contribution in [3.05, 3.63) is 96.1 Å². The van der Waals surface area contributed by atoms with Crippen molar-refractivity contribution in [2.75, 3.05) is 85.2 Å². The minimum absolute atomic E-state index is 0. The maximum atomic E-state index is 12.7. The third kappa shape index (κ3) is 15.7. The van der Waals surface area contributed by atoms with Crippen LogP contribution in [0.15, 0.2) is 85.0 Å². The summed E-state index contributed by atoms with van der Waals surface area (Å²) in [7, 11) is 12.1. The van der Waals surface area contributed by atoms with Gasteiger partial charge in [-0.3, -0.25) is 24.2 Å². The largest absolute Gasteiger partial charge is 1.00 e. The third-order valence-corrected chi connectivity index (χ3v) is 10.7. The summed E-state index contributed by atoms with van der Waals surface area (Å²) in [6.07, 6.45) is 3.10. The average molecular weight is 1080 g/mol. The van der Waals surface area contributed by atoms with Crippen molar-refractivity contribution >= 4 is 45.6 Å². The molecule has 0 bridgehead atoms. The first kappa shape index (κ1) is 63.5. The minimum Gasteiger partial charge on any atom is -1.00 e. The number of β-lactam (4-membered cyclic amide) rings is 2. The van der Waals surface area contributed by atoms with Crippen molar-refractivity contribution in [1.29, 1.82) is 0 Å². The molecule has 4 aromatic rings. The molecule has 69 heavy (non-hydrogen) atoms. The van der Waals surface area contributed by atoms with E-state index in [2.05, 4.69) is 40.9 Å². The molecule has 0 unspecified atom stereocenters. The van der Waals surface area contributed by atoms with E-state index in [1.54, 1.807) is 65.4 Å². The van der Waals surface area contributed by atoms with Crippen LogP contribution < -0.4 is 160 Å². The van der Waals surface area contributed by atoms with E-state index in [0.717, 1.165) is 10.9 Å². The Morgan fingerprint density at radius 2 is 1.03 bits per heavy atom. The Bertz CT molecular complexity index is 2290. The molecule has 2 heterocycles. The number of anilines is 2. The van der Waals surface area contributed by atoms with Gasteiger partial charge < -0.3 is 64.4 Å². The number of carbonyl (C=O) groups is 3. The van der Waals surface area contributed by atoms with E-state index in [4.69, 9.17) is 57.8 Å². The number of ether oxygens (including phenoxy) is 9. The summed E-state index contributed by atoms with van der Waals surface area (Å²) in [4.78, 5) is 39.7. The van der Waals surface area contributed by atoms with Gasteiger partial charge in [0.1, 0.15) is 0 Å². The number of amides is 2. The summed E-state index contributed by atoms with van der Waals surface area (Å²) in [5.41, 5.74) is 3.58. The Kier molecular flexibility index (Phi) is 29.8. The molecule has 2 fully saturated rings. The fourth-order valence-corrected chi connectivity index (χ4v) is 7.40. The molecule has 18 nitrogen and oxygen atoms in total. The zero-order valence-corrected chi connectivity index (χ0v) is 48.9. The molecule has 2 atom stereocenters. The predicted octanol–water partition coefficient (Wildman–Crippen LogP) is 0.934. The van der Waals surface area contributed by atoms with Crippen LogP contribution in [0.25, 0.3) is 0 Å². The zero-order chi connectivity index (χ0) is 49.8. The Morgan fingerprint density at radius 1 is 0.638 bits per heavy atom. The van der Waals surface area contributed by atoms with Gasteiger partial charge in [-0.2, -0.15) is 0 Å². The molecule has 2 amide bonds. The van der Waals surface area contributed by atoms with Crippen LogP contribution in [0.5, 0.6) is 57.5 Å². The number of aromatic hydroxyl groups is 1. The Balaban J connectivity index is 0.00000112. The normalized spacial score (nSPS) is 14.1. The number of methoxy groups -OCH3 is 8. The van der Waals surface area contributed by atoms with Gasteiger partial charge in [0, 0.05) is 53.8 Å². The van der Waals surface area contributed by atoms with Crippen LogP contribution in [0.1, 0.15) is 50.8 Å². The quantitative estimate of drug-likeness (QED) is 0.0196. The van der Waals surface area contributed by atoms with E-state index < -0.39 is 6.04 Å². The fraction of sp³-hybridized carbons (Fsp3) is 0.354. The van der Waals surface area contributed by atoms with Crippen molar-refractivity contribution < 1.29 is 182 Å². The van der Waals surface area contributed by atoms with Crippen LogP contribution in [0.2, 0.25) is 0 Å². The molecule has 21 heteroatoms. The molecule has 0 aromatic heterocycles. The molecule has 0 aliphatic carbocycles. The molecule has 4 aromatic carbocycles. The summed E-state index contributed by atoms with van der Waals surface area (Å²) in [5.74, 6) is 3.69. The van der Waals surface area contributed by atoms with Gasteiger partial charge in [0.05, 0.1) is 86.9 Å². The van der Waals surface area contributed by atoms with Crippen molar-refractivity contribution in [3.63, 3.8) is 0 Å². The van der Waals surface area contributed by atoms with Gasteiger partial charge in [-0.1, -0.05) is 54.6 Å². The summed E-state index contributed by atoms with van der Waals surface area (Å²) < 4.78 is 48.5. The van der Waals surface area contributed by atoms with Crippen molar-refractivity contribution in [2.45, 2.75) is 38.3 Å². The molecule has 366 valence electrons. The van der Waals surface area contributed by atoms with E-state index in [0.29, 0.717) is 92.9 Å². The molecule has 0 radical (unpaired) electrons. The number of hydrogen-bond acceptors (Lipinski definition) is 16. The third-order valence-electron chi connectivity index (χ3n) is 10.1. The molecule has 6 rings (SSSR count). The van der Waals surface area contributed by atoms with Crippen LogP contribution in [0.3, 0.4) is 0 Å². The maximum absolute atomic E-state index is 12.7. The Morgan fingerprint density at radius 3 is 1.33 bits per heavy atom. The number of alkyl halides is 1. The number of nitrogens with zero attached hydrogens (tertiary/aromatic N) is 2. The number of aliphatic hydroxyl groups is 1. The van der Waals surface area contributed by atoms with Crippen LogP contribution in [0, 0.1) is 0 Å². The predicted molar refractivity (Wildman–Crippen MR) is 253 cm³/mol. The van der Waals surface area contributed by atoms with Crippen LogP contribution in [-0.2, 0) is 19.3 Å². The second-order valence-electron chi connectivity index (χ2n) is 14.0. The van der Waals surface area contributed by atoms with Gasteiger partial charge in [0.25, 0.3) is 18.3 Å². The van der Waals surface area contributed by atoms with Crippen LogP contribution >= 0.6 is 15.9 Å². The molecule has 2 aliphatic rings. The molecule has 0 spiro atoms. The number of rotatable bonds is 19. The van der Waals surface area contributed by atoms with Crippen LogP contribution in [-0.4, -0.2) is 104 Å². The number of hydrogen-bond donors (Lipinski definition) is 2. The first-order valence-corrected chi connectivity index (χ1v) is 21.6. The van der Waals surface area contributed by atoms with E-state index in [9.17, 15) is 14.7 Å². The number of phenols is 1. The SMILES string of the molecule is C=C1C(=O)N(c2cc(OC)c(OC)c(OC)c2)[C@H]1c1ccc(OC)c(O)c1.C=C1C(=O)N(c2cc(OC)c(OC)c(OC)c2)[C@H]1c1ccc(OC)c(OCCCO)c1.CCCCBr.O=CO[O-].[H-].[K+].[K+]. The number of carbonyl (C=O) groups excluding carboxylic acids is 3. The Labute approximate surface area is 498 Å². The van der Waals surface area contributed by atoms with Crippen molar-refractivity contribution in [1.82, 2.24) is 0 Å². The van der Waals surface area contributed by atoms with Crippen molar-refractivity contribution in [3.8, 4) is 57.5 Å². The summed E-state index contributed by atoms with van der Waals surface area (Å²) >= 11 is 3.31. The summed E-state index contributed by atoms with van der Waals surface area (Å²) in [5, 5.41) is 28.7. The first-order valence-electron chi connectivity index (χ1n) is 20.5. The van der Waals surface area contributed by atoms with Gasteiger partial charge in [-0.05, 0) is 41.8 Å². The number of aliphatic hydroxyl groups excluding tert-OH is 1. The molecular formula is C48H59BrK2N2O16. The standard InChI is InChI=1S/C23H27NO7.C20H21NO6.C4H9Br.CH2O3.2K.H/c1-14-21(15-7-8-17(27-2)18(11-15)31-10-6-9-25)24(23(14)26)16-12-19(28-3)22(30-5)20(13-16)29-4;1-11-18(12-6-7-15(24-2)14(22)8-12)21(20(11)23)13-9-16(25-3)19(27-5)17(10-13)26-4;1-2-3-4-5;2-1-4-3;;;/h7-8,11-13,21,25H,1,6,9-10H2,2-5H3;6-10,18,22H,1H2,2-5H3;2-4H2,1H3;1,3H;;;/q;;;;2*+1;-1/p-1/t21-;18-;;;;;/m11...../s1. The second kappa shape index (κ2) is 32.4. The summed E-state index contributed by atoms with van der Waals surface area (Å²) in [6.45, 7) is 10.2. The first-order chi connectivity index (χ1) is 32.3. The number of unbranched alkanes of at least 4 members (excludes halogenated alkanes) is 1. The van der Waals surface area contributed by atoms with Gasteiger partial charge in [-0.25, -0.2) is 0 Å². The number of benzene rings is 4. The fourth-order valence-electron chi connectivity index (χ4n) is 6.84. The van der Waals surface area contributed by atoms with E-state index in [1.165, 1.54) is 62.6 Å². The van der Waals surface area contributed by atoms with E-state index in [1.807, 2.05) is 12.1 Å². The van der Waals surface area contributed by atoms with Crippen molar-refractivity contribution in [2.24, 2.45) is 0 Å². The van der Waals surface area contributed by atoms with Crippen LogP contribution in [0.4, 0.5) is 11.4 Å². The molecule has 2 aliphatic heterocycles. The van der Waals surface area contributed by atoms with E-state index >= 15 is 0 Å². The zero-order valence-electron chi connectivity index (χ0n) is 42.0. The van der Waals surface area contributed by atoms with Gasteiger partial charge in [-0.15, -0.1) is 0 Å². The Hall–Kier alpha value is -3.56. The number of halogens is 1. The average Bonchev–Trinajstić information content (AvgIpc) is 3.36. The smallest absolute Gasteiger partial charge is 1.00 e. The topological polar surface area (TPSA) is 214 Å². The number of phenolic OH excluding ortho intramolecular Hbond substituents is 1. The second-order valence-corrected chi connectivity index (χ2v) is 14.8. The molecule has 0 saturated carbocycles. The molecule has 2 N–H and O–H groups in total. The van der Waals surface area contributed by atoms with Gasteiger partial charge in [0.2, 0.25) is 11.5 Å².